The van der Waals surface area contributed by atoms with Gasteiger partial charge in [0.15, 0.2) is 10.8 Å². The van der Waals surface area contributed by atoms with Crippen LogP contribution in [0.1, 0.15) is 54.0 Å². The Kier molecular flexibility index (Phi) is 7.24. The number of aromatic nitrogens is 3. The summed E-state index contributed by atoms with van der Waals surface area (Å²) in [6.07, 6.45) is 3.71. The summed E-state index contributed by atoms with van der Waals surface area (Å²) < 4.78 is 0. The summed E-state index contributed by atoms with van der Waals surface area (Å²) in [5.74, 6) is 3.76. The molecule has 2 rings (SSSR count). The van der Waals surface area contributed by atoms with Crippen LogP contribution in [0, 0.1) is 11.5 Å². The number of hydrogen-bond donors (Lipinski definition) is 1. The first-order valence-corrected chi connectivity index (χ1v) is 13.1. The van der Waals surface area contributed by atoms with Crippen LogP contribution in [-0.4, -0.2) is 35.2 Å². The second kappa shape index (κ2) is 9.06. The second-order valence-electron chi connectivity index (χ2n) is 7.98. The quantitative estimate of drug-likeness (QED) is 0.312. The summed E-state index contributed by atoms with van der Waals surface area (Å²) in [7, 11) is -1.88. The molecule has 1 N–H and O–H groups in total. The molecular weight excluding hydrogens is 384 g/mol. The van der Waals surface area contributed by atoms with E-state index in [1.807, 2.05) is 12.3 Å². The predicted octanol–water partition coefficient (Wildman–Crippen LogP) is 5.27. The number of nitrogens with zero attached hydrogens (tertiary/aromatic N) is 3. The largest absolute Gasteiger partial charge is 0.311 e. The van der Waals surface area contributed by atoms with Crippen LogP contribution in [-0.2, 0) is 4.79 Å². The highest BCUT2D eigenvalue weighted by Gasteiger charge is 2.41. The fourth-order valence-corrected chi connectivity index (χ4v) is 9.60. The molecule has 0 radical (unpaired) electrons. The van der Waals surface area contributed by atoms with E-state index in [4.69, 9.17) is 0 Å². The fourth-order valence-electron chi connectivity index (χ4n) is 4.05. The van der Waals surface area contributed by atoms with E-state index in [-0.39, 0.29) is 5.91 Å². The highest BCUT2D eigenvalue weighted by atomic mass is 32.2. The number of anilines is 1. The van der Waals surface area contributed by atoms with Crippen molar-refractivity contribution in [3.8, 4) is 11.5 Å². The van der Waals surface area contributed by atoms with Gasteiger partial charge in [-0.3, -0.25) is 4.79 Å². The van der Waals surface area contributed by atoms with Gasteiger partial charge in [-0.2, -0.15) is 0 Å². The summed E-state index contributed by atoms with van der Waals surface area (Å²) in [6.45, 7) is 15.2. The van der Waals surface area contributed by atoms with Gasteiger partial charge in [0.1, 0.15) is 13.9 Å². The Morgan fingerprint density at radius 2 is 1.71 bits per heavy atom. The van der Waals surface area contributed by atoms with E-state index in [9.17, 15) is 4.79 Å². The summed E-state index contributed by atoms with van der Waals surface area (Å²) in [6, 6.07) is 1.83. The lowest BCUT2D eigenvalue weighted by Gasteiger charge is -2.38. The molecule has 1 amide bonds. The van der Waals surface area contributed by atoms with Gasteiger partial charge in [-0.15, -0.1) is 5.54 Å². The molecular formula is C21H30N4OSSi. The number of amides is 1. The maximum Gasteiger partial charge on any atom is 0.222 e. The number of thioether (sulfide) groups is 1. The molecule has 0 saturated heterocycles. The molecule has 2 aromatic heterocycles. The topological polar surface area (TPSA) is 67.8 Å². The molecule has 0 aliphatic carbocycles. The summed E-state index contributed by atoms with van der Waals surface area (Å²) >= 11 is 1.46. The van der Waals surface area contributed by atoms with E-state index in [2.05, 4.69) is 73.3 Å². The maximum atomic E-state index is 11.6. The van der Waals surface area contributed by atoms with E-state index in [1.165, 1.54) is 18.7 Å². The number of pyridine rings is 1. The molecule has 2 heterocycles. The standard InChI is InChI=1S/C21H30N4OSSi/c1-13(2)28(14(3)4,15(5)6)10-9-17-11-19(23-16(7)26)24-20-18(17)12-22-21(25-20)27-8/h11-15H,1-8H3,(H,22,23,24,25,26). The van der Waals surface area contributed by atoms with Crippen molar-refractivity contribution in [3.63, 3.8) is 0 Å². The van der Waals surface area contributed by atoms with Crippen molar-refractivity contribution >= 4 is 42.6 Å². The molecule has 0 spiro atoms. The van der Waals surface area contributed by atoms with Gasteiger partial charge in [-0.05, 0) is 28.9 Å². The van der Waals surface area contributed by atoms with Crippen molar-refractivity contribution < 1.29 is 4.79 Å². The Bertz CT molecular complexity index is 909. The van der Waals surface area contributed by atoms with Gasteiger partial charge >= 0.3 is 0 Å². The second-order valence-corrected chi connectivity index (χ2v) is 14.3. The van der Waals surface area contributed by atoms with Gasteiger partial charge in [0.05, 0.1) is 5.39 Å². The Morgan fingerprint density at radius 1 is 1.11 bits per heavy atom. The number of carbonyl (C=O) groups is 1. The Labute approximate surface area is 173 Å². The highest BCUT2D eigenvalue weighted by molar-refractivity contribution is 7.98. The summed E-state index contributed by atoms with van der Waals surface area (Å²) in [4.78, 5) is 24.9. The number of carbonyl (C=O) groups excluding carboxylic acids is 1. The van der Waals surface area contributed by atoms with Gasteiger partial charge in [0.2, 0.25) is 5.91 Å². The molecule has 150 valence electrons. The zero-order valence-electron chi connectivity index (χ0n) is 18.0. The van der Waals surface area contributed by atoms with Crippen molar-refractivity contribution in [2.24, 2.45) is 0 Å². The highest BCUT2D eigenvalue weighted by Crippen LogP contribution is 2.40. The van der Waals surface area contributed by atoms with E-state index in [0.29, 0.717) is 33.2 Å². The monoisotopic (exact) mass is 414 g/mol. The lowest BCUT2D eigenvalue weighted by atomic mass is 10.2. The van der Waals surface area contributed by atoms with Crippen molar-refractivity contribution in [1.29, 1.82) is 0 Å². The minimum absolute atomic E-state index is 0.167. The lowest BCUT2D eigenvalue weighted by Crippen LogP contribution is -2.43. The molecule has 0 aliphatic rings. The summed E-state index contributed by atoms with van der Waals surface area (Å²) in [5, 5.41) is 4.23. The first kappa shape index (κ1) is 22.4. The molecule has 5 nitrogen and oxygen atoms in total. The van der Waals surface area contributed by atoms with Gasteiger partial charge in [-0.1, -0.05) is 59.2 Å². The number of rotatable bonds is 5. The van der Waals surface area contributed by atoms with E-state index in [0.717, 1.165) is 10.9 Å². The fraction of sp³-hybridized carbons (Fsp3) is 0.524. The van der Waals surface area contributed by atoms with Crippen LogP contribution >= 0.6 is 11.8 Å². The van der Waals surface area contributed by atoms with Crippen LogP contribution in [0.3, 0.4) is 0 Å². The molecule has 0 bridgehead atoms. The van der Waals surface area contributed by atoms with Gasteiger partial charge < -0.3 is 5.32 Å². The third kappa shape index (κ3) is 4.56. The number of fused-ring (bicyclic) bond motifs is 1. The zero-order valence-corrected chi connectivity index (χ0v) is 19.9. The van der Waals surface area contributed by atoms with Crippen LogP contribution in [0.4, 0.5) is 5.82 Å². The normalized spacial score (nSPS) is 11.8. The third-order valence-corrected chi connectivity index (χ3v) is 12.2. The smallest absolute Gasteiger partial charge is 0.222 e. The predicted molar refractivity (Wildman–Crippen MR) is 121 cm³/mol. The van der Waals surface area contributed by atoms with Crippen LogP contribution in [0.15, 0.2) is 17.4 Å². The van der Waals surface area contributed by atoms with Crippen LogP contribution in [0.25, 0.3) is 11.0 Å². The van der Waals surface area contributed by atoms with E-state index >= 15 is 0 Å². The molecule has 0 fully saturated rings. The van der Waals surface area contributed by atoms with E-state index in [1.54, 1.807) is 6.20 Å². The molecule has 0 unspecified atom stereocenters. The van der Waals surface area contributed by atoms with Crippen molar-refractivity contribution in [3.05, 3.63) is 17.8 Å². The molecule has 0 aliphatic heterocycles. The molecule has 0 aromatic carbocycles. The maximum absolute atomic E-state index is 11.6. The average molecular weight is 415 g/mol. The Balaban J connectivity index is 2.72. The van der Waals surface area contributed by atoms with Gasteiger partial charge in [0, 0.05) is 18.7 Å². The van der Waals surface area contributed by atoms with Crippen molar-refractivity contribution in [2.75, 3.05) is 11.6 Å². The van der Waals surface area contributed by atoms with E-state index < -0.39 is 8.07 Å². The molecule has 0 saturated carbocycles. The first-order valence-electron chi connectivity index (χ1n) is 9.64. The Morgan fingerprint density at radius 3 is 2.21 bits per heavy atom. The molecule has 7 heteroatoms. The minimum Gasteiger partial charge on any atom is -0.311 e. The van der Waals surface area contributed by atoms with Gasteiger partial charge in [-0.25, -0.2) is 15.0 Å². The van der Waals surface area contributed by atoms with Crippen LogP contribution < -0.4 is 5.32 Å². The molecule has 0 atom stereocenters. The Hall–Kier alpha value is -1.91. The number of hydrogen-bond acceptors (Lipinski definition) is 5. The van der Waals surface area contributed by atoms with Crippen molar-refractivity contribution in [2.45, 2.75) is 70.2 Å². The van der Waals surface area contributed by atoms with Crippen LogP contribution in [0.2, 0.25) is 16.6 Å². The van der Waals surface area contributed by atoms with Crippen molar-refractivity contribution in [1.82, 2.24) is 15.0 Å². The average Bonchev–Trinajstić information content (AvgIpc) is 2.59. The third-order valence-electron chi connectivity index (χ3n) is 5.31. The van der Waals surface area contributed by atoms with Gasteiger partial charge in [0.25, 0.3) is 0 Å². The first-order chi connectivity index (χ1) is 13.1. The summed E-state index contributed by atoms with van der Waals surface area (Å²) in [5.41, 5.74) is 6.74. The zero-order chi connectivity index (χ0) is 21.1. The minimum atomic E-state index is -1.88. The number of nitrogens with one attached hydrogen (secondary N) is 1. The molecule has 2 aromatic rings. The molecule has 28 heavy (non-hydrogen) atoms. The SMILES string of the molecule is CSc1ncc2c(C#C[Si](C(C)C)(C(C)C)C(C)C)cc(NC(C)=O)nc2n1. The lowest BCUT2D eigenvalue weighted by molar-refractivity contribution is -0.114. The van der Waals surface area contributed by atoms with Crippen LogP contribution in [0.5, 0.6) is 0 Å².